The van der Waals surface area contributed by atoms with Gasteiger partial charge in [0.25, 0.3) is 0 Å². The Bertz CT molecular complexity index is 644. The minimum absolute atomic E-state index is 0.0945. The van der Waals surface area contributed by atoms with Crippen LogP contribution in [0.25, 0.3) is 0 Å². The van der Waals surface area contributed by atoms with E-state index >= 15 is 0 Å². The number of aliphatic imine (C=N–C) groups is 1. The van der Waals surface area contributed by atoms with E-state index in [0.717, 1.165) is 63.1 Å². The van der Waals surface area contributed by atoms with Gasteiger partial charge in [0.1, 0.15) is 5.82 Å². The Morgan fingerprint density at radius 3 is 2.81 bits per heavy atom. The van der Waals surface area contributed by atoms with Crippen molar-refractivity contribution in [3.63, 3.8) is 0 Å². The average molecular weight is 362 g/mol. The molecule has 26 heavy (non-hydrogen) atoms. The molecule has 1 aromatic rings. The summed E-state index contributed by atoms with van der Waals surface area (Å²) in [6, 6.07) is 2.09. The molecule has 0 spiro atoms. The van der Waals surface area contributed by atoms with E-state index in [-0.39, 0.29) is 5.41 Å². The molecule has 2 fully saturated rings. The number of morpholine rings is 1. The van der Waals surface area contributed by atoms with Crippen LogP contribution >= 0.6 is 0 Å². The van der Waals surface area contributed by atoms with Crippen LogP contribution in [-0.4, -0.2) is 74.1 Å². The summed E-state index contributed by atoms with van der Waals surface area (Å²) < 4.78 is 12.7. The maximum Gasteiger partial charge on any atom is 0.152 e. The van der Waals surface area contributed by atoms with Gasteiger partial charge in [-0.25, -0.2) is 10.1 Å². The lowest BCUT2D eigenvalue weighted by atomic mass is 10.1. The number of rotatable bonds is 8. The molecule has 0 aromatic carbocycles. The van der Waals surface area contributed by atoms with Crippen molar-refractivity contribution in [1.82, 2.24) is 25.5 Å². The lowest BCUT2D eigenvalue weighted by Gasteiger charge is -2.31. The van der Waals surface area contributed by atoms with Gasteiger partial charge in [-0.3, -0.25) is 4.99 Å². The van der Waals surface area contributed by atoms with Gasteiger partial charge in [0.05, 0.1) is 25.5 Å². The van der Waals surface area contributed by atoms with Gasteiger partial charge >= 0.3 is 0 Å². The molecule has 2 N–H and O–H groups in total. The van der Waals surface area contributed by atoms with Crippen LogP contribution in [0.1, 0.15) is 25.5 Å². The second-order valence-electron chi connectivity index (χ2n) is 6.70. The molecule has 1 saturated carbocycles. The van der Waals surface area contributed by atoms with Crippen molar-refractivity contribution in [1.29, 1.82) is 0 Å². The molecule has 8 heteroatoms. The Balaban J connectivity index is 1.84. The molecule has 0 bridgehead atoms. The highest BCUT2D eigenvalue weighted by molar-refractivity contribution is 5.94. The first-order valence-electron chi connectivity index (χ1n) is 9.29. The van der Waals surface area contributed by atoms with Crippen molar-refractivity contribution in [2.45, 2.75) is 25.2 Å². The Kier molecular flexibility index (Phi) is 6.29. The first-order chi connectivity index (χ1) is 12.7. The van der Waals surface area contributed by atoms with Gasteiger partial charge in [0.15, 0.2) is 5.84 Å². The van der Waals surface area contributed by atoms with Crippen LogP contribution in [0.15, 0.2) is 29.2 Å². The summed E-state index contributed by atoms with van der Waals surface area (Å²) in [5.74, 6) is 1.79. The monoisotopic (exact) mass is 362 g/mol. The van der Waals surface area contributed by atoms with E-state index in [9.17, 15) is 0 Å². The molecular weight excluding hydrogens is 332 g/mol. The molecular formula is C18H30N6O2. The maximum atomic E-state index is 5.46. The molecule has 8 nitrogen and oxygen atoms in total. The predicted molar refractivity (Wildman–Crippen MR) is 101 cm³/mol. The van der Waals surface area contributed by atoms with Crippen molar-refractivity contribution >= 4 is 5.84 Å². The van der Waals surface area contributed by atoms with E-state index in [1.807, 2.05) is 30.9 Å². The van der Waals surface area contributed by atoms with Crippen LogP contribution in [-0.2, 0) is 14.9 Å². The highest BCUT2D eigenvalue weighted by Gasteiger charge is 2.46. The van der Waals surface area contributed by atoms with E-state index in [1.54, 1.807) is 7.11 Å². The highest BCUT2D eigenvalue weighted by atomic mass is 16.5. The molecule has 0 amide bonds. The number of allylic oxidation sites excluding steroid dienone is 1. The third-order valence-electron chi connectivity index (χ3n) is 4.83. The highest BCUT2D eigenvalue weighted by Crippen LogP contribution is 2.47. The first kappa shape index (κ1) is 18.9. The molecule has 0 unspecified atom stereocenters. The smallest absolute Gasteiger partial charge is 0.152 e. The van der Waals surface area contributed by atoms with Gasteiger partial charge in [-0.15, -0.1) is 0 Å². The fraction of sp³-hybridized carbons (Fsp3) is 0.667. The number of nitrogens with zero attached hydrogens (tertiary/aromatic N) is 4. The molecule has 0 radical (unpaired) electrons. The van der Waals surface area contributed by atoms with Gasteiger partial charge in [0, 0.05) is 51.5 Å². The second-order valence-corrected chi connectivity index (χ2v) is 6.70. The van der Waals surface area contributed by atoms with Crippen molar-refractivity contribution in [2.75, 3.05) is 53.6 Å². The zero-order chi connectivity index (χ0) is 18.4. The Morgan fingerprint density at radius 2 is 2.19 bits per heavy atom. The van der Waals surface area contributed by atoms with Crippen LogP contribution in [0.5, 0.6) is 0 Å². The molecule has 1 aliphatic heterocycles. The van der Waals surface area contributed by atoms with Crippen LogP contribution in [0.3, 0.4) is 0 Å². The summed E-state index contributed by atoms with van der Waals surface area (Å²) in [7, 11) is 3.61. The van der Waals surface area contributed by atoms with E-state index in [1.165, 1.54) is 0 Å². The molecule has 3 rings (SSSR count). The summed E-state index contributed by atoms with van der Waals surface area (Å²) in [4.78, 5) is 6.91. The maximum absolute atomic E-state index is 5.46. The zero-order valence-corrected chi connectivity index (χ0v) is 16.0. The second kappa shape index (κ2) is 8.66. The van der Waals surface area contributed by atoms with Gasteiger partial charge in [-0.1, -0.05) is 0 Å². The number of aromatic nitrogens is 2. The lowest BCUT2D eigenvalue weighted by Crippen LogP contribution is -2.44. The fourth-order valence-electron chi connectivity index (χ4n) is 3.24. The normalized spacial score (nSPS) is 20.3. The van der Waals surface area contributed by atoms with E-state index in [0.29, 0.717) is 6.54 Å². The summed E-state index contributed by atoms with van der Waals surface area (Å²) in [5, 5.41) is 4.81. The van der Waals surface area contributed by atoms with Crippen LogP contribution in [0, 0.1) is 0 Å². The number of methoxy groups -OCH3 is 1. The minimum Gasteiger partial charge on any atom is -0.384 e. The summed E-state index contributed by atoms with van der Waals surface area (Å²) in [6.07, 6.45) is 6.30. The molecule has 2 heterocycles. The average Bonchev–Trinajstić information content (AvgIpc) is 3.27. The minimum atomic E-state index is 0.0945. The van der Waals surface area contributed by atoms with E-state index in [4.69, 9.17) is 14.6 Å². The number of hydrazine groups is 1. The topological polar surface area (TPSA) is 75.9 Å². The quantitative estimate of drug-likeness (QED) is 0.403. The molecule has 1 saturated heterocycles. The van der Waals surface area contributed by atoms with E-state index in [2.05, 4.69) is 26.8 Å². The number of ether oxygens (including phenoxy) is 2. The summed E-state index contributed by atoms with van der Waals surface area (Å²) >= 11 is 0. The third kappa shape index (κ3) is 4.25. The van der Waals surface area contributed by atoms with Crippen LogP contribution < -0.4 is 10.9 Å². The molecule has 1 aliphatic carbocycles. The first-order valence-corrected chi connectivity index (χ1v) is 9.29. The Labute approximate surface area is 155 Å². The van der Waals surface area contributed by atoms with Gasteiger partial charge in [-0.05, 0) is 25.8 Å². The van der Waals surface area contributed by atoms with Gasteiger partial charge < -0.3 is 19.8 Å². The van der Waals surface area contributed by atoms with Crippen molar-refractivity contribution < 1.29 is 9.47 Å². The van der Waals surface area contributed by atoms with Crippen LogP contribution in [0.4, 0.5) is 0 Å². The standard InChI is InChI=1S/C18H30N6O2/c1-4-20-16(13-17(21-19-2)23-9-11-26-12-10-23)24-8-5-15(22-24)18(6-7-18)14-25-3/h5,8,13,19,21H,4,6-7,9-12,14H2,1-3H3/b17-13+,20-16+. The third-order valence-corrected chi connectivity index (χ3v) is 4.83. The van der Waals surface area contributed by atoms with Crippen molar-refractivity contribution in [3.8, 4) is 0 Å². The van der Waals surface area contributed by atoms with Crippen molar-refractivity contribution in [3.05, 3.63) is 29.9 Å². The fourth-order valence-corrected chi connectivity index (χ4v) is 3.24. The molecule has 1 aromatic heterocycles. The SMILES string of the molecule is CC/N=C(\C=C(/NNC)N1CCOCC1)n1ccc(C2(COC)CC2)n1. The summed E-state index contributed by atoms with van der Waals surface area (Å²) in [6.45, 7) is 6.61. The predicted octanol–water partition coefficient (Wildman–Crippen LogP) is 0.725. The molecule has 2 aliphatic rings. The number of nitrogens with one attached hydrogen (secondary N) is 2. The summed E-state index contributed by atoms with van der Waals surface area (Å²) in [5.41, 5.74) is 7.42. The largest absolute Gasteiger partial charge is 0.384 e. The molecule has 0 atom stereocenters. The Hall–Kier alpha value is -1.90. The zero-order valence-electron chi connectivity index (χ0n) is 16.0. The van der Waals surface area contributed by atoms with Gasteiger partial charge in [0.2, 0.25) is 0 Å². The number of hydrogen-bond donors (Lipinski definition) is 2. The number of hydrogen-bond acceptors (Lipinski definition) is 7. The Morgan fingerprint density at radius 1 is 1.42 bits per heavy atom. The van der Waals surface area contributed by atoms with Gasteiger partial charge in [-0.2, -0.15) is 5.10 Å². The molecule has 144 valence electrons. The van der Waals surface area contributed by atoms with Crippen molar-refractivity contribution in [2.24, 2.45) is 4.99 Å². The van der Waals surface area contributed by atoms with E-state index < -0.39 is 0 Å². The lowest BCUT2D eigenvalue weighted by molar-refractivity contribution is 0.0495. The van der Waals surface area contributed by atoms with Crippen LogP contribution in [0.2, 0.25) is 0 Å².